The van der Waals surface area contributed by atoms with Gasteiger partial charge in [-0.25, -0.2) is 9.97 Å². The number of nitrogens with one attached hydrogen (secondary N) is 1. The highest BCUT2D eigenvalue weighted by molar-refractivity contribution is 5.35. The molecule has 0 atom stereocenters. The van der Waals surface area contributed by atoms with E-state index in [0.717, 1.165) is 31.6 Å². The van der Waals surface area contributed by atoms with Gasteiger partial charge in [0.1, 0.15) is 11.6 Å². The summed E-state index contributed by atoms with van der Waals surface area (Å²) in [5.41, 5.74) is 5.40. The molecule has 0 spiro atoms. The van der Waals surface area contributed by atoms with Crippen LogP contribution in [0, 0.1) is 12.3 Å². The van der Waals surface area contributed by atoms with Crippen LogP contribution in [0.4, 0.5) is 11.6 Å². The highest BCUT2D eigenvalue weighted by atomic mass is 15.0. The molecule has 4 heteroatoms. The monoisotopic (exact) mass is 190 g/mol. The fraction of sp³-hybridized carbons (Fsp3) is 0.400. The Morgan fingerprint density at radius 1 is 1.36 bits per heavy atom. The average Bonchev–Trinajstić information content (AvgIpc) is 2.21. The summed E-state index contributed by atoms with van der Waals surface area (Å²) >= 11 is 0. The highest BCUT2D eigenvalue weighted by Crippen LogP contribution is 2.02. The Labute approximate surface area is 83.9 Å². The molecule has 1 rings (SSSR count). The molecule has 4 nitrogen and oxygen atoms in total. The minimum absolute atomic E-state index is 0.433. The number of hydrogen-bond donors (Lipinski definition) is 2. The van der Waals surface area contributed by atoms with Gasteiger partial charge in [-0.2, -0.15) is 0 Å². The van der Waals surface area contributed by atoms with Crippen LogP contribution in [0.5, 0.6) is 0 Å². The van der Waals surface area contributed by atoms with Crippen molar-refractivity contribution in [3.63, 3.8) is 0 Å². The molecular weight excluding hydrogens is 176 g/mol. The Balaban J connectivity index is 2.19. The first kappa shape index (κ1) is 10.3. The van der Waals surface area contributed by atoms with E-state index in [2.05, 4.69) is 21.2 Å². The molecular formula is C10H14N4. The van der Waals surface area contributed by atoms with E-state index in [-0.39, 0.29) is 0 Å². The molecule has 0 bridgehead atoms. The van der Waals surface area contributed by atoms with Gasteiger partial charge in [-0.15, -0.1) is 12.3 Å². The third-order valence-electron chi connectivity index (χ3n) is 1.73. The number of aromatic nitrogens is 2. The maximum absolute atomic E-state index is 5.40. The average molecular weight is 190 g/mol. The van der Waals surface area contributed by atoms with E-state index in [1.807, 2.05) is 0 Å². The normalized spacial score (nSPS) is 9.36. The summed E-state index contributed by atoms with van der Waals surface area (Å²) in [6, 6.07) is 0. The van der Waals surface area contributed by atoms with Crippen molar-refractivity contribution < 1.29 is 0 Å². The number of anilines is 2. The van der Waals surface area contributed by atoms with Crippen molar-refractivity contribution in [3.8, 4) is 12.3 Å². The van der Waals surface area contributed by atoms with Crippen molar-refractivity contribution in [3.05, 3.63) is 12.4 Å². The van der Waals surface area contributed by atoms with Gasteiger partial charge in [-0.1, -0.05) is 0 Å². The van der Waals surface area contributed by atoms with Gasteiger partial charge in [0, 0.05) is 13.0 Å². The fourth-order valence-electron chi connectivity index (χ4n) is 0.998. The van der Waals surface area contributed by atoms with Gasteiger partial charge in [-0.05, 0) is 12.8 Å². The summed E-state index contributed by atoms with van der Waals surface area (Å²) in [4.78, 5) is 7.97. The second kappa shape index (κ2) is 5.81. The van der Waals surface area contributed by atoms with E-state index < -0.39 is 0 Å². The molecule has 1 aromatic rings. The largest absolute Gasteiger partial charge is 0.382 e. The van der Waals surface area contributed by atoms with Gasteiger partial charge < -0.3 is 11.1 Å². The lowest BCUT2D eigenvalue weighted by Gasteiger charge is -2.03. The summed E-state index contributed by atoms with van der Waals surface area (Å²) in [6.07, 6.45) is 11.2. The molecule has 0 aromatic carbocycles. The summed E-state index contributed by atoms with van der Waals surface area (Å²) < 4.78 is 0. The van der Waals surface area contributed by atoms with Crippen LogP contribution in [0.1, 0.15) is 19.3 Å². The number of hydrogen-bond acceptors (Lipinski definition) is 4. The van der Waals surface area contributed by atoms with Crippen LogP contribution < -0.4 is 11.1 Å². The quantitative estimate of drug-likeness (QED) is 0.542. The van der Waals surface area contributed by atoms with E-state index in [1.54, 1.807) is 6.20 Å². The lowest BCUT2D eigenvalue weighted by Crippen LogP contribution is -2.04. The van der Waals surface area contributed by atoms with Crippen molar-refractivity contribution >= 4 is 11.6 Å². The second-order valence-corrected chi connectivity index (χ2v) is 2.91. The molecule has 0 saturated heterocycles. The van der Waals surface area contributed by atoms with Crippen LogP contribution in [-0.2, 0) is 0 Å². The third-order valence-corrected chi connectivity index (χ3v) is 1.73. The number of unbranched alkanes of at least 4 members (excludes halogenated alkanes) is 2. The molecule has 0 saturated carbocycles. The molecule has 0 unspecified atom stereocenters. The summed E-state index contributed by atoms with van der Waals surface area (Å²) in [5, 5.41) is 3.13. The standard InChI is InChI=1S/C10H14N4/c1-2-3-4-5-6-12-10-8-13-9(11)7-14-10/h1,7-8H,3-6H2,(H2,11,13)(H,12,14). The first-order valence-electron chi connectivity index (χ1n) is 4.58. The fourth-order valence-corrected chi connectivity index (χ4v) is 0.998. The number of terminal acetylenes is 1. The lowest BCUT2D eigenvalue weighted by molar-refractivity contribution is 0.787. The maximum Gasteiger partial charge on any atom is 0.144 e. The summed E-state index contributed by atoms with van der Waals surface area (Å²) in [6.45, 7) is 0.861. The Bertz CT molecular complexity index is 299. The Hall–Kier alpha value is -1.76. The number of rotatable bonds is 5. The molecule has 0 aliphatic rings. The van der Waals surface area contributed by atoms with E-state index in [9.17, 15) is 0 Å². The van der Waals surface area contributed by atoms with Crippen molar-refractivity contribution in [2.24, 2.45) is 0 Å². The van der Waals surface area contributed by atoms with Crippen LogP contribution in [0.15, 0.2) is 12.4 Å². The van der Waals surface area contributed by atoms with Gasteiger partial charge in [0.25, 0.3) is 0 Å². The SMILES string of the molecule is C#CCCCCNc1cnc(N)cn1. The third kappa shape index (κ3) is 3.76. The smallest absolute Gasteiger partial charge is 0.144 e. The van der Waals surface area contributed by atoms with Gasteiger partial charge in [0.15, 0.2) is 0 Å². The molecule has 1 aromatic heterocycles. The van der Waals surface area contributed by atoms with E-state index in [1.165, 1.54) is 6.20 Å². The van der Waals surface area contributed by atoms with Gasteiger partial charge in [-0.3, -0.25) is 0 Å². The zero-order chi connectivity index (χ0) is 10.2. The summed E-state index contributed by atoms with van der Waals surface area (Å²) in [7, 11) is 0. The van der Waals surface area contributed by atoms with Crippen LogP contribution >= 0.6 is 0 Å². The van der Waals surface area contributed by atoms with Crippen LogP contribution in [0.25, 0.3) is 0 Å². The molecule has 3 N–H and O–H groups in total. The van der Waals surface area contributed by atoms with Gasteiger partial charge in [0.05, 0.1) is 12.4 Å². The van der Waals surface area contributed by atoms with E-state index in [4.69, 9.17) is 12.2 Å². The van der Waals surface area contributed by atoms with Crippen LogP contribution in [0.3, 0.4) is 0 Å². The van der Waals surface area contributed by atoms with Crippen molar-refractivity contribution in [1.82, 2.24) is 9.97 Å². The molecule has 14 heavy (non-hydrogen) atoms. The maximum atomic E-state index is 5.40. The molecule has 0 fully saturated rings. The molecule has 1 heterocycles. The first-order valence-corrected chi connectivity index (χ1v) is 4.58. The first-order chi connectivity index (χ1) is 6.83. The van der Waals surface area contributed by atoms with Crippen LogP contribution in [0.2, 0.25) is 0 Å². The number of nitrogens with two attached hydrogens (primary N) is 1. The minimum Gasteiger partial charge on any atom is -0.382 e. The minimum atomic E-state index is 0.433. The van der Waals surface area contributed by atoms with Gasteiger partial charge >= 0.3 is 0 Å². The zero-order valence-electron chi connectivity index (χ0n) is 8.03. The molecule has 0 aliphatic carbocycles. The zero-order valence-corrected chi connectivity index (χ0v) is 8.03. The molecule has 0 radical (unpaired) electrons. The number of nitrogens with zero attached hydrogens (tertiary/aromatic N) is 2. The van der Waals surface area contributed by atoms with Gasteiger partial charge in [0.2, 0.25) is 0 Å². The molecule has 0 aliphatic heterocycles. The number of nitrogen functional groups attached to an aromatic ring is 1. The molecule has 74 valence electrons. The van der Waals surface area contributed by atoms with Crippen molar-refractivity contribution in [2.75, 3.05) is 17.6 Å². The van der Waals surface area contributed by atoms with E-state index >= 15 is 0 Å². The van der Waals surface area contributed by atoms with E-state index in [0.29, 0.717) is 5.82 Å². The van der Waals surface area contributed by atoms with Crippen molar-refractivity contribution in [2.45, 2.75) is 19.3 Å². The predicted octanol–water partition coefficient (Wildman–Crippen LogP) is 1.27. The summed E-state index contributed by atoms with van der Waals surface area (Å²) in [5.74, 6) is 3.78. The Morgan fingerprint density at radius 3 is 2.86 bits per heavy atom. The topological polar surface area (TPSA) is 63.8 Å². The lowest BCUT2D eigenvalue weighted by atomic mass is 10.2. The Kier molecular flexibility index (Phi) is 4.29. The second-order valence-electron chi connectivity index (χ2n) is 2.91. The Morgan fingerprint density at radius 2 is 2.21 bits per heavy atom. The van der Waals surface area contributed by atoms with Crippen molar-refractivity contribution in [1.29, 1.82) is 0 Å². The highest BCUT2D eigenvalue weighted by Gasteiger charge is 1.93. The van der Waals surface area contributed by atoms with Crippen LogP contribution in [-0.4, -0.2) is 16.5 Å². The predicted molar refractivity (Wildman–Crippen MR) is 57.6 cm³/mol. The molecule has 0 amide bonds.